The molecule has 0 fully saturated rings. The molecule has 4 aromatic rings. The second kappa shape index (κ2) is 11.1. The van der Waals surface area contributed by atoms with Crippen LogP contribution >= 0.6 is 0 Å². The molecule has 10 heteroatoms. The number of hydrogen-bond donors (Lipinski definition) is 1. The van der Waals surface area contributed by atoms with Crippen molar-refractivity contribution >= 4 is 23.3 Å². The van der Waals surface area contributed by atoms with Crippen molar-refractivity contribution in [3.05, 3.63) is 83.2 Å². The highest BCUT2D eigenvalue weighted by Crippen LogP contribution is 2.22. The Morgan fingerprint density at radius 2 is 1.77 bits per heavy atom. The van der Waals surface area contributed by atoms with Crippen molar-refractivity contribution in [1.29, 1.82) is 0 Å². The number of aryl methyl sites for hydroxylation is 2. The number of benzene rings is 2. The molecule has 0 aliphatic carbocycles. The first-order valence-electron chi connectivity index (χ1n) is 11.1. The lowest BCUT2D eigenvalue weighted by atomic mass is 9.93. The van der Waals surface area contributed by atoms with Crippen LogP contribution in [0.15, 0.2) is 72.0 Å². The van der Waals surface area contributed by atoms with Gasteiger partial charge in [0.2, 0.25) is 0 Å². The molecule has 0 bridgehead atoms. The molecular weight excluding hydrogens is 450 g/mol. The number of nitrogens with zero attached hydrogens (tertiary/aromatic N) is 5. The summed E-state index contributed by atoms with van der Waals surface area (Å²) in [5.74, 6) is -2.13. The number of aromatic nitrogens is 5. The third-order valence-corrected chi connectivity index (χ3v) is 5.84. The number of rotatable bonds is 11. The standard InChI is InChI=1S/C25H23N5O5/c31-16-35-23(10-7-17-5-8-18(9-6-17)19-13-26-15-27-14-19)21(25(33)34)11-12-30-24(32)20-3-1-2-4-22(20)28-29-30/h1-6,8-9,13-16,21,23H,7,10-12H2,(H,33,34)/t21-,23-/m0/s1. The Morgan fingerprint density at radius 1 is 1.03 bits per heavy atom. The minimum absolute atomic E-state index is 0.0280. The highest BCUT2D eigenvalue weighted by atomic mass is 16.5. The van der Waals surface area contributed by atoms with E-state index in [-0.39, 0.29) is 25.0 Å². The first kappa shape index (κ1) is 23.7. The van der Waals surface area contributed by atoms with Gasteiger partial charge in [0, 0.05) is 24.5 Å². The molecule has 2 atom stereocenters. The van der Waals surface area contributed by atoms with Gasteiger partial charge in [-0.2, -0.15) is 0 Å². The summed E-state index contributed by atoms with van der Waals surface area (Å²) in [5, 5.41) is 18.2. The van der Waals surface area contributed by atoms with E-state index in [2.05, 4.69) is 20.3 Å². The van der Waals surface area contributed by atoms with Gasteiger partial charge in [-0.3, -0.25) is 14.4 Å². The Bertz CT molecular complexity index is 1360. The molecule has 1 N–H and O–H groups in total. The number of ether oxygens (including phenoxy) is 1. The molecule has 0 saturated carbocycles. The number of carboxylic acids is 1. The molecule has 0 saturated heterocycles. The molecule has 2 aromatic carbocycles. The predicted octanol–water partition coefficient (Wildman–Crippen LogP) is 2.51. The van der Waals surface area contributed by atoms with Crippen molar-refractivity contribution in [3.8, 4) is 11.1 Å². The van der Waals surface area contributed by atoms with Crippen molar-refractivity contribution in [2.24, 2.45) is 5.92 Å². The molecule has 0 aliphatic heterocycles. The zero-order valence-electron chi connectivity index (χ0n) is 18.7. The first-order valence-corrected chi connectivity index (χ1v) is 11.1. The van der Waals surface area contributed by atoms with Gasteiger partial charge < -0.3 is 9.84 Å². The van der Waals surface area contributed by atoms with Crippen molar-refractivity contribution in [2.75, 3.05) is 0 Å². The van der Waals surface area contributed by atoms with Gasteiger partial charge >= 0.3 is 5.97 Å². The molecule has 178 valence electrons. The molecule has 0 spiro atoms. The van der Waals surface area contributed by atoms with Crippen LogP contribution in [-0.2, 0) is 27.3 Å². The fourth-order valence-electron chi connectivity index (χ4n) is 3.96. The van der Waals surface area contributed by atoms with Crippen LogP contribution in [0.4, 0.5) is 0 Å². The van der Waals surface area contributed by atoms with E-state index in [0.717, 1.165) is 21.4 Å². The molecule has 2 heterocycles. The van der Waals surface area contributed by atoms with E-state index in [0.29, 0.717) is 23.7 Å². The van der Waals surface area contributed by atoms with Crippen molar-refractivity contribution in [1.82, 2.24) is 25.0 Å². The molecule has 2 aromatic heterocycles. The van der Waals surface area contributed by atoms with Crippen molar-refractivity contribution in [3.63, 3.8) is 0 Å². The lowest BCUT2D eigenvalue weighted by Crippen LogP contribution is -2.34. The van der Waals surface area contributed by atoms with Crippen LogP contribution in [0.2, 0.25) is 0 Å². The van der Waals surface area contributed by atoms with Crippen LogP contribution in [0.25, 0.3) is 22.0 Å². The average Bonchev–Trinajstić information content (AvgIpc) is 2.89. The highest BCUT2D eigenvalue weighted by Gasteiger charge is 2.29. The molecule has 0 unspecified atom stereocenters. The fourth-order valence-corrected chi connectivity index (χ4v) is 3.96. The van der Waals surface area contributed by atoms with Gasteiger partial charge in [-0.05, 0) is 42.5 Å². The summed E-state index contributed by atoms with van der Waals surface area (Å²) in [7, 11) is 0. The topological polar surface area (TPSA) is 137 Å². The number of aliphatic carboxylic acids is 1. The van der Waals surface area contributed by atoms with Gasteiger partial charge in [-0.25, -0.2) is 14.6 Å². The van der Waals surface area contributed by atoms with Crippen LogP contribution < -0.4 is 5.56 Å². The minimum atomic E-state index is -1.11. The van der Waals surface area contributed by atoms with E-state index in [9.17, 15) is 19.5 Å². The second-order valence-electron chi connectivity index (χ2n) is 8.00. The SMILES string of the molecule is O=CO[C@@H](CCc1ccc(-c2cncnc2)cc1)[C@H](CCn1nnc2ccccc2c1=O)C(=O)O. The number of fused-ring (bicyclic) bond motifs is 1. The van der Waals surface area contributed by atoms with Crippen LogP contribution in [0.5, 0.6) is 0 Å². The van der Waals surface area contributed by atoms with Gasteiger partial charge in [0.15, 0.2) is 0 Å². The average molecular weight is 473 g/mol. The van der Waals surface area contributed by atoms with Crippen LogP contribution in [0, 0.1) is 5.92 Å². The van der Waals surface area contributed by atoms with E-state index in [1.54, 1.807) is 36.7 Å². The summed E-state index contributed by atoms with van der Waals surface area (Å²) in [6.45, 7) is 0.293. The Labute approximate surface area is 200 Å². The number of hydrogen-bond acceptors (Lipinski definition) is 8. The maximum atomic E-state index is 12.7. The van der Waals surface area contributed by atoms with Crippen LogP contribution in [0.3, 0.4) is 0 Å². The van der Waals surface area contributed by atoms with Gasteiger partial charge in [-0.15, -0.1) is 5.10 Å². The zero-order valence-corrected chi connectivity index (χ0v) is 18.7. The van der Waals surface area contributed by atoms with E-state index in [1.165, 1.54) is 6.33 Å². The summed E-state index contributed by atoms with van der Waals surface area (Å²) >= 11 is 0. The normalized spacial score (nSPS) is 12.7. The molecule has 10 nitrogen and oxygen atoms in total. The lowest BCUT2D eigenvalue weighted by molar-refractivity contribution is -0.152. The van der Waals surface area contributed by atoms with E-state index in [4.69, 9.17) is 4.74 Å². The molecule has 35 heavy (non-hydrogen) atoms. The molecule has 0 aliphatic rings. The maximum Gasteiger partial charge on any atom is 0.310 e. The van der Waals surface area contributed by atoms with Crippen LogP contribution in [-0.4, -0.2) is 48.6 Å². The van der Waals surface area contributed by atoms with Gasteiger partial charge in [0.25, 0.3) is 12.0 Å². The maximum absolute atomic E-state index is 12.7. The highest BCUT2D eigenvalue weighted by molar-refractivity contribution is 5.76. The quantitative estimate of drug-likeness (QED) is 0.326. The largest absolute Gasteiger partial charge is 0.481 e. The summed E-state index contributed by atoms with van der Waals surface area (Å²) in [6, 6.07) is 14.5. The van der Waals surface area contributed by atoms with Gasteiger partial charge in [-0.1, -0.05) is 41.6 Å². The lowest BCUT2D eigenvalue weighted by Gasteiger charge is -2.22. The number of carbonyl (C=O) groups excluding carboxylic acids is 1. The molecule has 4 rings (SSSR count). The Balaban J connectivity index is 1.44. The van der Waals surface area contributed by atoms with Crippen LogP contribution in [0.1, 0.15) is 18.4 Å². The zero-order chi connectivity index (χ0) is 24.6. The van der Waals surface area contributed by atoms with Crippen molar-refractivity contribution in [2.45, 2.75) is 31.9 Å². The van der Waals surface area contributed by atoms with E-state index < -0.39 is 18.0 Å². The van der Waals surface area contributed by atoms with Gasteiger partial charge in [0.05, 0.1) is 11.3 Å². The molecule has 0 radical (unpaired) electrons. The molecule has 0 amide bonds. The predicted molar refractivity (Wildman–Crippen MR) is 126 cm³/mol. The number of carboxylic acid groups (broad SMARTS) is 1. The minimum Gasteiger partial charge on any atom is -0.481 e. The van der Waals surface area contributed by atoms with Gasteiger partial charge in [0.1, 0.15) is 17.9 Å². The monoisotopic (exact) mass is 473 g/mol. The first-order chi connectivity index (χ1) is 17.1. The molecular formula is C25H23N5O5. The summed E-state index contributed by atoms with van der Waals surface area (Å²) in [6.07, 6.45) is 4.90. The summed E-state index contributed by atoms with van der Waals surface area (Å²) < 4.78 is 6.31. The third kappa shape index (κ3) is 5.72. The van der Waals surface area contributed by atoms with E-state index >= 15 is 0 Å². The second-order valence-corrected chi connectivity index (χ2v) is 8.00. The third-order valence-electron chi connectivity index (χ3n) is 5.84. The van der Waals surface area contributed by atoms with Crippen molar-refractivity contribution < 1.29 is 19.4 Å². The fraction of sp³-hybridized carbons (Fsp3) is 0.240. The Kier molecular flexibility index (Phi) is 7.51. The number of carbonyl (C=O) groups is 2. The smallest absolute Gasteiger partial charge is 0.310 e. The summed E-state index contributed by atoms with van der Waals surface area (Å²) in [4.78, 5) is 43.8. The Morgan fingerprint density at radius 3 is 2.49 bits per heavy atom. The van der Waals surface area contributed by atoms with E-state index in [1.807, 2.05) is 24.3 Å². The Hall–Kier alpha value is -4.47. The summed E-state index contributed by atoms with van der Waals surface area (Å²) in [5.41, 5.74) is 2.93.